The largest absolute Gasteiger partial charge is 0.371 e. The molecule has 0 bridgehead atoms. The summed E-state index contributed by atoms with van der Waals surface area (Å²) in [6.45, 7) is 3.94. The zero-order valence-corrected chi connectivity index (χ0v) is 9.52. The molecule has 78 valence electrons. The molecule has 1 N–H and O–H groups in total. The molecular formula is C9H15N3OS. The summed E-state index contributed by atoms with van der Waals surface area (Å²) in [5, 5.41) is 4.23. The Hall–Kier alpha value is -0.680. The number of ether oxygens (including phenoxy) is 1. The lowest BCUT2D eigenvalue weighted by Crippen LogP contribution is -2.21. The molecule has 0 aliphatic heterocycles. The van der Waals surface area contributed by atoms with E-state index < -0.39 is 0 Å². The topological polar surface area (TPSA) is 47.0 Å². The Morgan fingerprint density at radius 2 is 2.21 bits per heavy atom. The molecule has 2 rings (SSSR count). The number of aromatic nitrogens is 2. The lowest BCUT2D eigenvalue weighted by molar-refractivity contribution is 0.0126. The maximum Gasteiger partial charge on any atom is 0.202 e. The van der Waals surface area contributed by atoms with Gasteiger partial charge in [-0.2, -0.15) is 4.37 Å². The standard InChI is InChI=1S/C9H15N3OS/c1-9(2,13-3)7-11-8(14-12-7)10-6-4-5-6/h6H,4-5H2,1-3H3,(H,10,11,12). The van der Waals surface area contributed by atoms with E-state index in [2.05, 4.69) is 14.7 Å². The highest BCUT2D eigenvalue weighted by molar-refractivity contribution is 7.09. The van der Waals surface area contributed by atoms with Crippen LogP contribution in [0, 0.1) is 0 Å². The van der Waals surface area contributed by atoms with Crippen LogP contribution < -0.4 is 5.32 Å². The molecule has 1 saturated carbocycles. The van der Waals surface area contributed by atoms with Crippen molar-refractivity contribution in [2.24, 2.45) is 0 Å². The van der Waals surface area contributed by atoms with Gasteiger partial charge in [-0.1, -0.05) is 0 Å². The van der Waals surface area contributed by atoms with Crippen LogP contribution in [-0.4, -0.2) is 22.5 Å². The molecule has 4 nitrogen and oxygen atoms in total. The van der Waals surface area contributed by atoms with E-state index in [9.17, 15) is 0 Å². The van der Waals surface area contributed by atoms with Gasteiger partial charge >= 0.3 is 0 Å². The molecule has 0 amide bonds. The molecule has 0 spiro atoms. The predicted molar refractivity (Wildman–Crippen MR) is 56.6 cm³/mol. The van der Waals surface area contributed by atoms with Gasteiger partial charge in [-0.05, 0) is 26.7 Å². The zero-order chi connectivity index (χ0) is 10.2. The van der Waals surface area contributed by atoms with Crippen LogP contribution in [0.2, 0.25) is 0 Å². The monoisotopic (exact) mass is 213 g/mol. The van der Waals surface area contributed by atoms with Crippen molar-refractivity contribution in [3.05, 3.63) is 5.82 Å². The SMILES string of the molecule is COC(C)(C)c1nsc(NC2CC2)n1. The van der Waals surface area contributed by atoms with Crippen LogP contribution in [0.15, 0.2) is 0 Å². The molecule has 0 aromatic carbocycles. The Bertz CT molecular complexity index is 320. The maximum atomic E-state index is 5.31. The number of anilines is 1. The first-order valence-electron chi connectivity index (χ1n) is 4.78. The van der Waals surface area contributed by atoms with Crippen molar-refractivity contribution in [1.29, 1.82) is 0 Å². The minimum atomic E-state index is -0.389. The first kappa shape index (κ1) is 9.86. The van der Waals surface area contributed by atoms with Gasteiger partial charge in [0.2, 0.25) is 5.13 Å². The fourth-order valence-electron chi connectivity index (χ4n) is 1.02. The second-order valence-electron chi connectivity index (χ2n) is 4.06. The molecular weight excluding hydrogens is 198 g/mol. The van der Waals surface area contributed by atoms with Crippen LogP contribution in [0.25, 0.3) is 0 Å². The highest BCUT2D eigenvalue weighted by Crippen LogP contribution is 2.28. The first-order chi connectivity index (χ1) is 6.62. The molecule has 1 aliphatic rings. The summed E-state index contributed by atoms with van der Waals surface area (Å²) in [7, 11) is 1.68. The average molecular weight is 213 g/mol. The van der Waals surface area contributed by atoms with E-state index in [0.717, 1.165) is 11.0 Å². The average Bonchev–Trinajstić information content (AvgIpc) is 2.81. The van der Waals surface area contributed by atoms with Crippen LogP contribution in [0.1, 0.15) is 32.5 Å². The fraction of sp³-hybridized carbons (Fsp3) is 0.778. The van der Waals surface area contributed by atoms with E-state index in [4.69, 9.17) is 4.74 Å². The summed E-state index contributed by atoms with van der Waals surface area (Å²) in [6.07, 6.45) is 2.51. The van der Waals surface area contributed by atoms with Crippen molar-refractivity contribution in [2.75, 3.05) is 12.4 Å². The van der Waals surface area contributed by atoms with Gasteiger partial charge in [0.1, 0.15) is 5.60 Å². The van der Waals surface area contributed by atoms with Crippen molar-refractivity contribution in [3.63, 3.8) is 0 Å². The molecule has 0 saturated heterocycles. The normalized spacial score (nSPS) is 17.1. The van der Waals surface area contributed by atoms with Gasteiger partial charge in [0, 0.05) is 24.7 Å². The van der Waals surface area contributed by atoms with E-state index in [0.29, 0.717) is 6.04 Å². The van der Waals surface area contributed by atoms with Crippen molar-refractivity contribution in [3.8, 4) is 0 Å². The van der Waals surface area contributed by atoms with Gasteiger partial charge in [0.05, 0.1) is 0 Å². The Morgan fingerprint density at radius 3 is 2.79 bits per heavy atom. The van der Waals surface area contributed by atoms with E-state index in [-0.39, 0.29) is 5.60 Å². The van der Waals surface area contributed by atoms with Gasteiger partial charge in [0.15, 0.2) is 5.82 Å². The van der Waals surface area contributed by atoms with Gasteiger partial charge in [-0.25, -0.2) is 4.98 Å². The summed E-state index contributed by atoms with van der Waals surface area (Å²) < 4.78 is 9.59. The van der Waals surface area contributed by atoms with Crippen LogP contribution in [0.5, 0.6) is 0 Å². The highest BCUT2D eigenvalue weighted by Gasteiger charge is 2.27. The number of hydrogen-bond donors (Lipinski definition) is 1. The van der Waals surface area contributed by atoms with Gasteiger partial charge < -0.3 is 10.1 Å². The number of hydrogen-bond acceptors (Lipinski definition) is 5. The van der Waals surface area contributed by atoms with Crippen molar-refractivity contribution >= 4 is 16.7 Å². The van der Waals surface area contributed by atoms with Gasteiger partial charge in [0.25, 0.3) is 0 Å². The summed E-state index contributed by atoms with van der Waals surface area (Å²) in [4.78, 5) is 4.40. The molecule has 1 aromatic rings. The van der Waals surface area contributed by atoms with Crippen molar-refractivity contribution in [2.45, 2.75) is 38.3 Å². The Kier molecular flexibility index (Phi) is 2.45. The molecule has 0 unspecified atom stereocenters. The minimum Gasteiger partial charge on any atom is -0.371 e. The third kappa shape index (κ3) is 2.04. The predicted octanol–water partition coefficient (Wildman–Crippen LogP) is 1.99. The van der Waals surface area contributed by atoms with E-state index in [1.807, 2.05) is 13.8 Å². The molecule has 1 fully saturated rings. The van der Waals surface area contributed by atoms with Crippen LogP contribution >= 0.6 is 11.5 Å². The summed E-state index contributed by atoms with van der Waals surface area (Å²) in [5.74, 6) is 0.758. The minimum absolute atomic E-state index is 0.389. The summed E-state index contributed by atoms with van der Waals surface area (Å²) in [5.41, 5.74) is -0.389. The number of methoxy groups -OCH3 is 1. The Morgan fingerprint density at radius 1 is 1.50 bits per heavy atom. The molecule has 5 heteroatoms. The Balaban J connectivity index is 2.07. The van der Waals surface area contributed by atoms with E-state index in [1.54, 1.807) is 7.11 Å². The van der Waals surface area contributed by atoms with Crippen molar-refractivity contribution in [1.82, 2.24) is 9.36 Å². The third-order valence-corrected chi connectivity index (χ3v) is 3.03. The van der Waals surface area contributed by atoms with Crippen LogP contribution in [0.4, 0.5) is 5.13 Å². The van der Waals surface area contributed by atoms with Crippen molar-refractivity contribution < 1.29 is 4.74 Å². The van der Waals surface area contributed by atoms with Gasteiger partial charge in [-0.3, -0.25) is 0 Å². The smallest absolute Gasteiger partial charge is 0.202 e. The maximum absolute atomic E-state index is 5.31. The van der Waals surface area contributed by atoms with E-state index in [1.165, 1.54) is 24.4 Å². The van der Waals surface area contributed by atoms with Gasteiger partial charge in [-0.15, -0.1) is 0 Å². The van der Waals surface area contributed by atoms with Crippen LogP contribution in [0.3, 0.4) is 0 Å². The molecule has 0 radical (unpaired) electrons. The van der Waals surface area contributed by atoms with E-state index >= 15 is 0 Å². The second-order valence-corrected chi connectivity index (χ2v) is 4.81. The summed E-state index contributed by atoms with van der Waals surface area (Å²) in [6, 6.07) is 0.626. The zero-order valence-electron chi connectivity index (χ0n) is 8.70. The fourth-order valence-corrected chi connectivity index (χ4v) is 1.80. The lowest BCUT2D eigenvalue weighted by Gasteiger charge is -2.18. The molecule has 14 heavy (non-hydrogen) atoms. The molecule has 1 aromatic heterocycles. The molecule has 0 atom stereocenters. The summed E-state index contributed by atoms with van der Waals surface area (Å²) >= 11 is 1.41. The third-order valence-electron chi connectivity index (χ3n) is 2.38. The number of nitrogens with zero attached hydrogens (tertiary/aromatic N) is 2. The first-order valence-corrected chi connectivity index (χ1v) is 5.55. The number of nitrogens with one attached hydrogen (secondary N) is 1. The second kappa shape index (κ2) is 3.47. The highest BCUT2D eigenvalue weighted by atomic mass is 32.1. The lowest BCUT2D eigenvalue weighted by atomic mass is 10.1. The number of rotatable bonds is 4. The van der Waals surface area contributed by atoms with Crippen LogP contribution in [-0.2, 0) is 10.3 Å². The quantitative estimate of drug-likeness (QED) is 0.831. The Labute approximate surface area is 87.9 Å². The molecule has 1 aliphatic carbocycles. The molecule has 1 heterocycles.